The average molecular weight is 392 g/mol. The van der Waals surface area contributed by atoms with Crippen LogP contribution in [0.25, 0.3) is 0 Å². The first-order valence-corrected chi connectivity index (χ1v) is 9.19. The summed E-state index contributed by atoms with van der Waals surface area (Å²) in [4.78, 5) is 18.7. The van der Waals surface area contributed by atoms with Crippen molar-refractivity contribution in [1.29, 1.82) is 5.26 Å². The second-order valence-corrected chi connectivity index (χ2v) is 5.43. The molecule has 1 N–H and O–H groups in total. The molecular weight excluding hydrogens is 362 g/mol. The lowest BCUT2D eigenvalue weighted by atomic mass is 10.2. The molecule has 0 aromatic carbocycles. The summed E-state index contributed by atoms with van der Waals surface area (Å²) in [6.45, 7) is 15.1. The van der Waals surface area contributed by atoms with Crippen molar-refractivity contribution in [3.8, 4) is 6.07 Å². The summed E-state index contributed by atoms with van der Waals surface area (Å²) in [5.41, 5.74) is 1.12. The number of nitrogens with zero attached hydrogens (tertiary/aromatic N) is 3. The zero-order valence-corrected chi connectivity index (χ0v) is 17.9. The number of pyridine rings is 2. The van der Waals surface area contributed by atoms with Crippen LogP contribution in [0.5, 0.6) is 0 Å². The van der Waals surface area contributed by atoms with Gasteiger partial charge in [-0.25, -0.2) is 18.7 Å². The third-order valence-electron chi connectivity index (χ3n) is 2.70. The fourth-order valence-corrected chi connectivity index (χ4v) is 1.65. The van der Waals surface area contributed by atoms with Crippen molar-refractivity contribution in [3.05, 3.63) is 58.7 Å². The summed E-state index contributed by atoms with van der Waals surface area (Å²) in [6, 6.07) is 4.19. The number of rotatable bonds is 2. The Morgan fingerprint density at radius 1 is 1.00 bits per heavy atom. The lowest BCUT2D eigenvalue weighted by molar-refractivity contribution is 0.0933. The Bertz CT molecular complexity index is 771. The van der Waals surface area contributed by atoms with Gasteiger partial charge < -0.3 is 5.32 Å². The van der Waals surface area contributed by atoms with E-state index in [1.165, 1.54) is 24.5 Å². The summed E-state index contributed by atoms with van der Waals surface area (Å²) in [7, 11) is 0. The van der Waals surface area contributed by atoms with Crippen molar-refractivity contribution in [2.45, 2.75) is 61.4 Å². The molecule has 2 aromatic rings. The highest BCUT2D eigenvalue weighted by atomic mass is 19.1. The van der Waals surface area contributed by atoms with Crippen molar-refractivity contribution < 1.29 is 13.6 Å². The number of aryl methyl sites for hydroxylation is 2. The van der Waals surface area contributed by atoms with Crippen molar-refractivity contribution in [3.63, 3.8) is 0 Å². The smallest absolute Gasteiger partial charge is 0.273 e. The number of carbonyl (C=O) groups is 1. The van der Waals surface area contributed by atoms with Gasteiger partial charge in [0.15, 0.2) is 23.0 Å². The molecule has 0 aliphatic carbocycles. The standard InChI is InChI=1S/C10H13FN2O.C7H5FN2.2C2H6/c1-6(2)13-10(14)9-8(11)4-7(3)5-12-9;1-5-2-6(8)7(3-9)10-4-5;2*1-2/h4-6H,1-3H3,(H,13,14);2,4H,1H3;2*1-2H3. The second-order valence-electron chi connectivity index (χ2n) is 5.43. The summed E-state index contributed by atoms with van der Waals surface area (Å²) < 4.78 is 25.8. The fraction of sp³-hybridized carbons (Fsp3) is 0.429. The maximum atomic E-state index is 13.2. The maximum Gasteiger partial charge on any atom is 0.273 e. The van der Waals surface area contributed by atoms with E-state index in [-0.39, 0.29) is 17.4 Å². The van der Waals surface area contributed by atoms with E-state index in [1.807, 2.05) is 41.5 Å². The van der Waals surface area contributed by atoms with Crippen molar-refractivity contribution in [1.82, 2.24) is 15.3 Å². The number of nitriles is 1. The Morgan fingerprint density at radius 2 is 1.46 bits per heavy atom. The normalized spacial score (nSPS) is 8.79. The zero-order chi connectivity index (χ0) is 22.3. The minimum absolute atomic E-state index is 0.0231. The van der Waals surface area contributed by atoms with Gasteiger partial charge in [-0.2, -0.15) is 5.26 Å². The maximum absolute atomic E-state index is 13.2. The highest BCUT2D eigenvalue weighted by Crippen LogP contribution is 2.06. The zero-order valence-electron chi connectivity index (χ0n) is 17.9. The van der Waals surface area contributed by atoms with Crippen molar-refractivity contribution in [2.75, 3.05) is 0 Å². The highest BCUT2D eigenvalue weighted by molar-refractivity contribution is 5.92. The molecule has 0 unspecified atom stereocenters. The van der Waals surface area contributed by atoms with Gasteiger partial charge in [0.25, 0.3) is 5.91 Å². The third kappa shape index (κ3) is 10.3. The first kappa shape index (κ1) is 27.3. The first-order valence-electron chi connectivity index (χ1n) is 9.19. The van der Waals surface area contributed by atoms with Crippen LogP contribution in [-0.2, 0) is 0 Å². The predicted molar refractivity (Wildman–Crippen MR) is 108 cm³/mol. The summed E-state index contributed by atoms with van der Waals surface area (Å²) in [5.74, 6) is -1.61. The Hall–Kier alpha value is -2.88. The van der Waals surface area contributed by atoms with Gasteiger partial charge in [0.05, 0.1) is 0 Å². The van der Waals surface area contributed by atoms with Gasteiger partial charge in [0.1, 0.15) is 6.07 Å². The molecule has 28 heavy (non-hydrogen) atoms. The number of nitrogens with one attached hydrogen (secondary N) is 1. The van der Waals surface area contributed by atoms with Crippen LogP contribution in [0.3, 0.4) is 0 Å². The van der Waals surface area contributed by atoms with Gasteiger partial charge in [-0.3, -0.25) is 4.79 Å². The summed E-state index contributed by atoms with van der Waals surface area (Å²) in [6.07, 6.45) is 2.93. The van der Waals surface area contributed by atoms with Crippen LogP contribution in [0, 0.1) is 36.8 Å². The number of amides is 1. The molecule has 0 aliphatic rings. The summed E-state index contributed by atoms with van der Waals surface area (Å²) >= 11 is 0. The fourth-order valence-electron chi connectivity index (χ4n) is 1.65. The third-order valence-corrected chi connectivity index (χ3v) is 2.70. The molecule has 2 heterocycles. The number of carbonyl (C=O) groups excluding carboxylic acids is 1. The van der Waals surface area contributed by atoms with E-state index in [9.17, 15) is 13.6 Å². The molecule has 0 spiro atoms. The SMILES string of the molecule is CC.CC.Cc1cnc(C#N)c(F)c1.Cc1cnc(C(=O)NC(C)C)c(F)c1. The molecule has 0 atom stereocenters. The van der Waals surface area contributed by atoms with Gasteiger partial charge in [-0.05, 0) is 51.0 Å². The van der Waals surface area contributed by atoms with Crippen LogP contribution >= 0.6 is 0 Å². The highest BCUT2D eigenvalue weighted by Gasteiger charge is 2.13. The van der Waals surface area contributed by atoms with E-state index in [0.29, 0.717) is 5.56 Å². The van der Waals surface area contributed by atoms with Crippen LogP contribution < -0.4 is 5.32 Å². The molecule has 0 saturated carbocycles. The van der Waals surface area contributed by atoms with E-state index in [0.717, 1.165) is 5.56 Å². The van der Waals surface area contributed by atoms with E-state index in [2.05, 4.69) is 15.3 Å². The lowest BCUT2D eigenvalue weighted by Gasteiger charge is -2.08. The molecule has 0 aliphatic heterocycles. The van der Waals surface area contributed by atoms with Gasteiger partial charge in [0, 0.05) is 18.4 Å². The Balaban J connectivity index is 0. The van der Waals surface area contributed by atoms with E-state index in [1.54, 1.807) is 19.9 Å². The Morgan fingerprint density at radius 3 is 1.86 bits per heavy atom. The molecule has 154 valence electrons. The number of hydrogen-bond donors (Lipinski definition) is 1. The quantitative estimate of drug-likeness (QED) is 0.769. The monoisotopic (exact) mass is 392 g/mol. The number of aromatic nitrogens is 2. The van der Waals surface area contributed by atoms with Gasteiger partial charge in [-0.15, -0.1) is 0 Å². The van der Waals surface area contributed by atoms with Crippen LogP contribution in [0.1, 0.15) is 68.9 Å². The van der Waals surface area contributed by atoms with Crippen molar-refractivity contribution >= 4 is 5.91 Å². The van der Waals surface area contributed by atoms with Gasteiger partial charge >= 0.3 is 0 Å². The molecule has 0 saturated heterocycles. The van der Waals surface area contributed by atoms with Crippen LogP contribution in [0.2, 0.25) is 0 Å². The minimum atomic E-state index is -0.580. The average Bonchev–Trinajstić information content (AvgIpc) is 2.65. The second kappa shape index (κ2) is 15.2. The Kier molecular flexibility index (Phi) is 14.8. The molecule has 1 amide bonds. The van der Waals surface area contributed by atoms with Crippen LogP contribution in [-0.4, -0.2) is 21.9 Å². The predicted octanol–water partition coefficient (Wildman–Crippen LogP) is 5.12. The topological polar surface area (TPSA) is 78.7 Å². The Labute approximate surface area is 166 Å². The molecule has 5 nitrogen and oxygen atoms in total. The van der Waals surface area contributed by atoms with E-state index >= 15 is 0 Å². The van der Waals surface area contributed by atoms with E-state index < -0.39 is 17.5 Å². The van der Waals surface area contributed by atoms with Gasteiger partial charge in [-0.1, -0.05) is 27.7 Å². The molecule has 0 radical (unpaired) electrons. The molecule has 0 bridgehead atoms. The van der Waals surface area contributed by atoms with Crippen LogP contribution in [0.4, 0.5) is 8.78 Å². The molecule has 0 fully saturated rings. The lowest BCUT2D eigenvalue weighted by Crippen LogP contribution is -2.31. The van der Waals surface area contributed by atoms with Crippen LogP contribution in [0.15, 0.2) is 24.5 Å². The summed E-state index contributed by atoms with van der Waals surface area (Å²) in [5, 5.41) is 10.8. The molecule has 7 heteroatoms. The number of hydrogen-bond acceptors (Lipinski definition) is 4. The van der Waals surface area contributed by atoms with Crippen molar-refractivity contribution in [2.24, 2.45) is 0 Å². The van der Waals surface area contributed by atoms with Gasteiger partial charge in [0.2, 0.25) is 0 Å². The molecular formula is C21H30F2N4O. The molecule has 2 aromatic heterocycles. The number of halogens is 2. The minimum Gasteiger partial charge on any atom is -0.348 e. The molecule has 2 rings (SSSR count). The largest absolute Gasteiger partial charge is 0.348 e. The van der Waals surface area contributed by atoms with E-state index in [4.69, 9.17) is 5.26 Å². The first-order chi connectivity index (χ1) is 13.2.